The zero-order valence-corrected chi connectivity index (χ0v) is 9.77. The minimum atomic E-state index is 0.992. The highest BCUT2D eigenvalue weighted by molar-refractivity contribution is 5.85. The van der Waals surface area contributed by atoms with Crippen LogP contribution in [0.3, 0.4) is 0 Å². The summed E-state index contributed by atoms with van der Waals surface area (Å²) in [6, 6.07) is 6.81. The SMILES string of the molecule is CCc1ccc2[nH]c3c(c2c1)CCCNC3. The molecule has 0 saturated carbocycles. The van der Waals surface area contributed by atoms with Crippen LogP contribution in [0.1, 0.15) is 30.2 Å². The molecule has 0 aliphatic carbocycles. The molecule has 2 N–H and O–H groups in total. The summed E-state index contributed by atoms with van der Waals surface area (Å²) in [5, 5.41) is 4.90. The molecule has 84 valence electrons. The van der Waals surface area contributed by atoms with E-state index in [1.54, 1.807) is 0 Å². The van der Waals surface area contributed by atoms with E-state index in [2.05, 4.69) is 35.4 Å². The standard InChI is InChI=1S/C14H18N2/c1-2-10-5-6-13-12(8-10)11-4-3-7-15-9-14(11)16-13/h5-6,8,15-16H,2-4,7,9H2,1H3. The van der Waals surface area contributed by atoms with Gasteiger partial charge in [-0.15, -0.1) is 0 Å². The van der Waals surface area contributed by atoms with Crippen molar-refractivity contribution >= 4 is 10.9 Å². The number of nitrogens with one attached hydrogen (secondary N) is 2. The quantitative estimate of drug-likeness (QED) is 0.750. The summed E-state index contributed by atoms with van der Waals surface area (Å²) in [7, 11) is 0. The van der Waals surface area contributed by atoms with Crippen molar-refractivity contribution in [2.45, 2.75) is 32.7 Å². The van der Waals surface area contributed by atoms with E-state index < -0.39 is 0 Å². The van der Waals surface area contributed by atoms with Crippen molar-refractivity contribution in [2.24, 2.45) is 0 Å². The summed E-state index contributed by atoms with van der Waals surface area (Å²) >= 11 is 0. The fourth-order valence-corrected chi connectivity index (χ4v) is 2.61. The monoisotopic (exact) mass is 214 g/mol. The molecule has 1 aliphatic rings. The van der Waals surface area contributed by atoms with Gasteiger partial charge in [-0.05, 0) is 49.1 Å². The van der Waals surface area contributed by atoms with Crippen molar-refractivity contribution in [3.63, 3.8) is 0 Å². The van der Waals surface area contributed by atoms with Gasteiger partial charge in [-0.2, -0.15) is 0 Å². The Morgan fingerprint density at radius 2 is 2.25 bits per heavy atom. The van der Waals surface area contributed by atoms with Crippen LogP contribution in [0.5, 0.6) is 0 Å². The Morgan fingerprint density at radius 3 is 3.12 bits per heavy atom. The van der Waals surface area contributed by atoms with Gasteiger partial charge >= 0.3 is 0 Å². The lowest BCUT2D eigenvalue weighted by Crippen LogP contribution is -2.12. The highest BCUT2D eigenvalue weighted by Gasteiger charge is 2.13. The molecule has 2 heterocycles. The molecule has 0 amide bonds. The van der Waals surface area contributed by atoms with Crippen LogP contribution in [0, 0.1) is 0 Å². The van der Waals surface area contributed by atoms with Gasteiger partial charge in [0, 0.05) is 23.1 Å². The van der Waals surface area contributed by atoms with Gasteiger partial charge in [-0.3, -0.25) is 0 Å². The Morgan fingerprint density at radius 1 is 1.31 bits per heavy atom. The predicted molar refractivity (Wildman–Crippen MR) is 67.7 cm³/mol. The lowest BCUT2D eigenvalue weighted by molar-refractivity contribution is 0.675. The molecule has 16 heavy (non-hydrogen) atoms. The third-order valence-corrected chi connectivity index (χ3v) is 3.55. The number of aryl methyl sites for hydroxylation is 2. The fraction of sp³-hybridized carbons (Fsp3) is 0.429. The Kier molecular flexibility index (Phi) is 2.44. The summed E-state index contributed by atoms with van der Waals surface area (Å²) in [6.45, 7) is 4.34. The first-order valence-corrected chi connectivity index (χ1v) is 6.21. The van der Waals surface area contributed by atoms with Gasteiger partial charge in [0.15, 0.2) is 0 Å². The van der Waals surface area contributed by atoms with Crippen LogP contribution in [-0.4, -0.2) is 11.5 Å². The number of aromatic nitrogens is 1. The van der Waals surface area contributed by atoms with E-state index in [1.165, 1.54) is 40.6 Å². The number of hydrogen-bond acceptors (Lipinski definition) is 1. The molecule has 0 spiro atoms. The molecule has 1 aromatic carbocycles. The first-order chi connectivity index (χ1) is 7.88. The fourth-order valence-electron chi connectivity index (χ4n) is 2.61. The maximum absolute atomic E-state index is 3.54. The van der Waals surface area contributed by atoms with Crippen LogP contribution in [0.4, 0.5) is 0 Å². The van der Waals surface area contributed by atoms with Crippen LogP contribution in [0.25, 0.3) is 10.9 Å². The highest BCUT2D eigenvalue weighted by Crippen LogP contribution is 2.26. The van der Waals surface area contributed by atoms with Gasteiger partial charge < -0.3 is 10.3 Å². The van der Waals surface area contributed by atoms with Crippen molar-refractivity contribution in [1.82, 2.24) is 10.3 Å². The van der Waals surface area contributed by atoms with Crippen molar-refractivity contribution in [3.8, 4) is 0 Å². The molecule has 0 atom stereocenters. The van der Waals surface area contributed by atoms with Crippen LogP contribution < -0.4 is 5.32 Å². The number of fused-ring (bicyclic) bond motifs is 3. The topological polar surface area (TPSA) is 27.8 Å². The molecule has 1 aromatic heterocycles. The lowest BCUT2D eigenvalue weighted by Gasteiger charge is -2.00. The molecular formula is C14H18N2. The molecule has 0 radical (unpaired) electrons. The molecule has 1 aliphatic heterocycles. The van der Waals surface area contributed by atoms with Gasteiger partial charge in [0.2, 0.25) is 0 Å². The summed E-state index contributed by atoms with van der Waals surface area (Å²) in [4.78, 5) is 3.54. The predicted octanol–water partition coefficient (Wildman–Crippen LogP) is 2.77. The molecule has 0 unspecified atom stereocenters. The second-order valence-electron chi connectivity index (χ2n) is 4.60. The number of benzene rings is 1. The molecule has 3 rings (SSSR count). The first-order valence-electron chi connectivity index (χ1n) is 6.21. The zero-order valence-electron chi connectivity index (χ0n) is 9.77. The second kappa shape index (κ2) is 3.95. The van der Waals surface area contributed by atoms with Crippen molar-refractivity contribution in [2.75, 3.05) is 6.54 Å². The van der Waals surface area contributed by atoms with E-state index in [0.29, 0.717) is 0 Å². The van der Waals surface area contributed by atoms with E-state index in [0.717, 1.165) is 19.5 Å². The average molecular weight is 214 g/mol. The second-order valence-corrected chi connectivity index (χ2v) is 4.60. The number of hydrogen-bond donors (Lipinski definition) is 2. The maximum Gasteiger partial charge on any atom is 0.0459 e. The van der Waals surface area contributed by atoms with Gasteiger partial charge in [0.1, 0.15) is 0 Å². The van der Waals surface area contributed by atoms with Gasteiger partial charge in [0.05, 0.1) is 0 Å². The van der Waals surface area contributed by atoms with Crippen LogP contribution >= 0.6 is 0 Å². The summed E-state index contributed by atoms with van der Waals surface area (Å²) < 4.78 is 0. The third-order valence-electron chi connectivity index (χ3n) is 3.55. The number of aromatic amines is 1. The average Bonchev–Trinajstić information content (AvgIpc) is 2.50. The zero-order chi connectivity index (χ0) is 11.0. The maximum atomic E-state index is 3.54. The van der Waals surface area contributed by atoms with E-state index >= 15 is 0 Å². The Hall–Kier alpha value is -1.28. The Bertz CT molecular complexity index is 511. The highest BCUT2D eigenvalue weighted by atomic mass is 14.9. The Labute approximate surface area is 96.1 Å². The third kappa shape index (κ3) is 1.54. The lowest BCUT2D eigenvalue weighted by atomic mass is 10.0. The summed E-state index contributed by atoms with van der Waals surface area (Å²) in [5.41, 5.74) is 5.66. The molecule has 2 aromatic rings. The molecule has 0 saturated heterocycles. The summed E-state index contributed by atoms with van der Waals surface area (Å²) in [5.74, 6) is 0. The van der Waals surface area contributed by atoms with Gasteiger partial charge in [0.25, 0.3) is 0 Å². The van der Waals surface area contributed by atoms with Crippen LogP contribution in [0.2, 0.25) is 0 Å². The van der Waals surface area contributed by atoms with Crippen LogP contribution in [0.15, 0.2) is 18.2 Å². The smallest absolute Gasteiger partial charge is 0.0459 e. The molecular weight excluding hydrogens is 196 g/mol. The van der Waals surface area contributed by atoms with Gasteiger partial charge in [-0.1, -0.05) is 13.0 Å². The van der Waals surface area contributed by atoms with E-state index in [4.69, 9.17) is 0 Å². The minimum Gasteiger partial charge on any atom is -0.357 e. The normalized spacial score (nSPS) is 16.1. The first kappa shape index (κ1) is 9.91. The largest absolute Gasteiger partial charge is 0.357 e. The molecule has 2 nitrogen and oxygen atoms in total. The molecule has 0 bridgehead atoms. The van der Waals surface area contributed by atoms with Crippen LogP contribution in [-0.2, 0) is 19.4 Å². The van der Waals surface area contributed by atoms with E-state index in [1.807, 2.05) is 0 Å². The van der Waals surface area contributed by atoms with Crippen molar-refractivity contribution in [3.05, 3.63) is 35.0 Å². The van der Waals surface area contributed by atoms with Crippen molar-refractivity contribution < 1.29 is 0 Å². The number of H-pyrrole nitrogens is 1. The number of rotatable bonds is 1. The molecule has 0 fully saturated rings. The molecule has 2 heteroatoms. The van der Waals surface area contributed by atoms with Gasteiger partial charge in [-0.25, -0.2) is 0 Å². The summed E-state index contributed by atoms with van der Waals surface area (Å²) in [6.07, 6.45) is 3.57. The van der Waals surface area contributed by atoms with E-state index in [-0.39, 0.29) is 0 Å². The van der Waals surface area contributed by atoms with E-state index in [9.17, 15) is 0 Å². The Balaban J connectivity index is 2.19. The van der Waals surface area contributed by atoms with Crippen molar-refractivity contribution in [1.29, 1.82) is 0 Å². The minimum absolute atomic E-state index is 0.992.